The number of nitrogens with one attached hydrogen (secondary N) is 1. The summed E-state index contributed by atoms with van der Waals surface area (Å²) in [6.45, 7) is 11.1. The molecular weight excluding hydrogens is 212 g/mol. The molecule has 1 aromatic rings. The Morgan fingerprint density at radius 2 is 2.06 bits per heavy atom. The molecule has 0 bridgehead atoms. The number of hydrogen-bond donors (Lipinski definition) is 1. The number of aromatic nitrogens is 1. The van der Waals surface area contributed by atoms with Crippen LogP contribution in [0.4, 0.5) is 5.82 Å². The number of rotatable bonds is 6. The number of pyridine rings is 1. The Hall–Kier alpha value is -1.09. The third kappa shape index (κ3) is 5.18. The standard InChI is InChI=1S/C14H24N2O/c1-5-17-10-6-9-15-13-8-7-12(11-16-13)14(2,3)4/h7-8,11H,5-6,9-10H2,1-4H3,(H,15,16). The van der Waals surface area contributed by atoms with E-state index in [-0.39, 0.29) is 5.41 Å². The Kier molecular flexibility index (Phi) is 5.42. The first-order valence-corrected chi connectivity index (χ1v) is 6.32. The molecule has 96 valence electrons. The second-order valence-corrected chi connectivity index (χ2v) is 5.16. The van der Waals surface area contributed by atoms with Crippen LogP contribution in [0.25, 0.3) is 0 Å². The summed E-state index contributed by atoms with van der Waals surface area (Å²) in [4.78, 5) is 4.41. The van der Waals surface area contributed by atoms with Gasteiger partial charge in [-0.15, -0.1) is 0 Å². The van der Waals surface area contributed by atoms with Gasteiger partial charge in [-0.2, -0.15) is 0 Å². The van der Waals surface area contributed by atoms with Gasteiger partial charge in [-0.1, -0.05) is 26.8 Å². The molecule has 0 radical (unpaired) electrons. The van der Waals surface area contributed by atoms with Gasteiger partial charge in [0.25, 0.3) is 0 Å². The molecule has 3 heteroatoms. The highest BCUT2D eigenvalue weighted by molar-refractivity contribution is 5.36. The predicted octanol–water partition coefficient (Wildman–Crippen LogP) is 3.22. The molecule has 0 aromatic carbocycles. The zero-order valence-corrected chi connectivity index (χ0v) is 11.4. The van der Waals surface area contributed by atoms with Crippen molar-refractivity contribution in [3.05, 3.63) is 23.9 Å². The van der Waals surface area contributed by atoms with E-state index in [0.717, 1.165) is 32.0 Å². The minimum atomic E-state index is 0.167. The molecule has 1 aromatic heterocycles. The van der Waals surface area contributed by atoms with Crippen LogP contribution in [0.5, 0.6) is 0 Å². The number of ether oxygens (including phenoxy) is 1. The van der Waals surface area contributed by atoms with Gasteiger partial charge in [0.15, 0.2) is 0 Å². The average Bonchev–Trinajstić information content (AvgIpc) is 2.28. The molecule has 0 aliphatic carbocycles. The lowest BCUT2D eigenvalue weighted by molar-refractivity contribution is 0.147. The monoisotopic (exact) mass is 236 g/mol. The SMILES string of the molecule is CCOCCCNc1ccc(C(C)(C)C)cn1. The van der Waals surface area contributed by atoms with Crippen molar-refractivity contribution < 1.29 is 4.74 Å². The molecule has 0 aliphatic rings. The highest BCUT2D eigenvalue weighted by Gasteiger charge is 2.13. The maximum atomic E-state index is 5.27. The van der Waals surface area contributed by atoms with Crippen LogP contribution in [0.15, 0.2) is 18.3 Å². The fraction of sp³-hybridized carbons (Fsp3) is 0.643. The molecule has 3 nitrogen and oxygen atoms in total. The van der Waals surface area contributed by atoms with Crippen molar-refractivity contribution in [2.75, 3.05) is 25.1 Å². The Morgan fingerprint density at radius 3 is 2.59 bits per heavy atom. The van der Waals surface area contributed by atoms with Gasteiger partial charge in [0.1, 0.15) is 5.82 Å². The van der Waals surface area contributed by atoms with Gasteiger partial charge < -0.3 is 10.1 Å². The fourth-order valence-corrected chi connectivity index (χ4v) is 1.48. The third-order valence-electron chi connectivity index (χ3n) is 2.61. The topological polar surface area (TPSA) is 34.1 Å². The van der Waals surface area contributed by atoms with E-state index in [1.54, 1.807) is 0 Å². The van der Waals surface area contributed by atoms with E-state index in [0.29, 0.717) is 0 Å². The summed E-state index contributed by atoms with van der Waals surface area (Å²) in [5.41, 5.74) is 1.43. The molecular formula is C14H24N2O. The molecule has 0 fully saturated rings. The van der Waals surface area contributed by atoms with Crippen molar-refractivity contribution in [3.8, 4) is 0 Å². The molecule has 0 unspecified atom stereocenters. The van der Waals surface area contributed by atoms with Crippen LogP contribution in [0.2, 0.25) is 0 Å². The van der Waals surface area contributed by atoms with Crippen LogP contribution in [-0.4, -0.2) is 24.7 Å². The average molecular weight is 236 g/mol. The van der Waals surface area contributed by atoms with Crippen LogP contribution in [0.3, 0.4) is 0 Å². The Labute approximate surface area is 105 Å². The summed E-state index contributed by atoms with van der Waals surface area (Å²) in [5.74, 6) is 0.939. The predicted molar refractivity (Wildman–Crippen MR) is 72.5 cm³/mol. The van der Waals surface area contributed by atoms with Gasteiger partial charge in [0.05, 0.1) is 0 Å². The van der Waals surface area contributed by atoms with Crippen molar-refractivity contribution in [2.24, 2.45) is 0 Å². The first kappa shape index (κ1) is 14.0. The van der Waals surface area contributed by atoms with Gasteiger partial charge >= 0.3 is 0 Å². The summed E-state index contributed by atoms with van der Waals surface area (Å²) in [6.07, 6.45) is 2.96. The summed E-state index contributed by atoms with van der Waals surface area (Å²) < 4.78 is 5.27. The van der Waals surface area contributed by atoms with Crippen molar-refractivity contribution in [2.45, 2.75) is 39.5 Å². The lowest BCUT2D eigenvalue weighted by Gasteiger charge is -2.18. The molecule has 1 heterocycles. The van der Waals surface area contributed by atoms with Crippen molar-refractivity contribution in [3.63, 3.8) is 0 Å². The van der Waals surface area contributed by atoms with E-state index < -0.39 is 0 Å². The minimum Gasteiger partial charge on any atom is -0.382 e. The smallest absolute Gasteiger partial charge is 0.125 e. The van der Waals surface area contributed by atoms with E-state index >= 15 is 0 Å². The molecule has 1 rings (SSSR count). The minimum absolute atomic E-state index is 0.167. The number of nitrogens with zero attached hydrogens (tertiary/aromatic N) is 1. The second kappa shape index (κ2) is 6.60. The summed E-state index contributed by atoms with van der Waals surface area (Å²) in [6, 6.07) is 4.18. The molecule has 0 atom stereocenters. The van der Waals surface area contributed by atoms with Crippen molar-refractivity contribution >= 4 is 5.82 Å². The Balaban J connectivity index is 2.36. The van der Waals surface area contributed by atoms with Crippen LogP contribution in [0, 0.1) is 0 Å². The van der Waals surface area contributed by atoms with Crippen LogP contribution in [0.1, 0.15) is 39.7 Å². The van der Waals surface area contributed by atoms with Gasteiger partial charge in [-0.25, -0.2) is 4.98 Å². The van der Waals surface area contributed by atoms with E-state index in [2.05, 4.69) is 37.1 Å². The molecule has 0 amide bonds. The quantitative estimate of drug-likeness (QED) is 0.770. The van der Waals surface area contributed by atoms with Crippen LogP contribution >= 0.6 is 0 Å². The van der Waals surface area contributed by atoms with Crippen LogP contribution < -0.4 is 5.32 Å². The first-order valence-electron chi connectivity index (χ1n) is 6.32. The highest BCUT2D eigenvalue weighted by atomic mass is 16.5. The molecule has 1 N–H and O–H groups in total. The van der Waals surface area contributed by atoms with Crippen LogP contribution in [-0.2, 0) is 10.2 Å². The van der Waals surface area contributed by atoms with Gasteiger partial charge in [-0.3, -0.25) is 0 Å². The fourth-order valence-electron chi connectivity index (χ4n) is 1.48. The molecule has 0 saturated carbocycles. The zero-order chi connectivity index (χ0) is 12.7. The Bertz CT molecular complexity index is 314. The maximum absolute atomic E-state index is 5.27. The molecule has 17 heavy (non-hydrogen) atoms. The second-order valence-electron chi connectivity index (χ2n) is 5.16. The normalized spacial score (nSPS) is 11.5. The van der Waals surface area contributed by atoms with Gasteiger partial charge in [0.2, 0.25) is 0 Å². The lowest BCUT2D eigenvalue weighted by Crippen LogP contribution is -2.12. The van der Waals surface area contributed by atoms with Gasteiger partial charge in [-0.05, 0) is 30.4 Å². The van der Waals surface area contributed by atoms with E-state index in [1.165, 1.54) is 5.56 Å². The van der Waals surface area contributed by atoms with E-state index in [4.69, 9.17) is 4.74 Å². The molecule has 0 spiro atoms. The highest BCUT2D eigenvalue weighted by Crippen LogP contribution is 2.21. The third-order valence-corrected chi connectivity index (χ3v) is 2.61. The largest absolute Gasteiger partial charge is 0.382 e. The molecule has 0 saturated heterocycles. The summed E-state index contributed by atoms with van der Waals surface area (Å²) >= 11 is 0. The lowest BCUT2D eigenvalue weighted by atomic mass is 9.88. The molecule has 0 aliphatic heterocycles. The maximum Gasteiger partial charge on any atom is 0.125 e. The Morgan fingerprint density at radius 1 is 1.29 bits per heavy atom. The first-order chi connectivity index (χ1) is 8.04. The summed E-state index contributed by atoms with van der Waals surface area (Å²) in [7, 11) is 0. The van der Waals surface area contributed by atoms with Crippen molar-refractivity contribution in [1.29, 1.82) is 0 Å². The van der Waals surface area contributed by atoms with Gasteiger partial charge in [0, 0.05) is 26.0 Å². The zero-order valence-electron chi connectivity index (χ0n) is 11.4. The van der Waals surface area contributed by atoms with E-state index in [9.17, 15) is 0 Å². The number of anilines is 1. The summed E-state index contributed by atoms with van der Waals surface area (Å²) in [5, 5.41) is 3.29. The van der Waals surface area contributed by atoms with Crippen molar-refractivity contribution in [1.82, 2.24) is 4.98 Å². The number of hydrogen-bond acceptors (Lipinski definition) is 3. The van der Waals surface area contributed by atoms with E-state index in [1.807, 2.05) is 19.2 Å².